The van der Waals surface area contributed by atoms with E-state index >= 15 is 0 Å². The Labute approximate surface area is 124 Å². The van der Waals surface area contributed by atoms with Crippen LogP contribution in [-0.2, 0) is 0 Å². The van der Waals surface area contributed by atoms with E-state index < -0.39 is 18.0 Å². The Balaban J connectivity index is 1.85. The molecule has 0 spiro atoms. The van der Waals surface area contributed by atoms with Crippen molar-refractivity contribution in [3.8, 4) is 0 Å². The van der Waals surface area contributed by atoms with Gasteiger partial charge in [-0.1, -0.05) is 17.7 Å². The Morgan fingerprint density at radius 1 is 1.45 bits per heavy atom. The van der Waals surface area contributed by atoms with E-state index in [1.165, 1.54) is 23.5 Å². The summed E-state index contributed by atoms with van der Waals surface area (Å²) in [6, 6.07) is 7.04. The predicted molar refractivity (Wildman–Crippen MR) is 77.7 cm³/mol. The number of halogens is 2. The van der Waals surface area contributed by atoms with Crippen LogP contribution < -0.4 is 10.6 Å². The molecule has 2 aromatic rings. The predicted octanol–water partition coefficient (Wildman–Crippen LogP) is 3.40. The van der Waals surface area contributed by atoms with Crippen LogP contribution >= 0.6 is 22.9 Å². The van der Waals surface area contributed by atoms with Crippen molar-refractivity contribution >= 4 is 34.7 Å². The number of hydrogen-bond acceptors (Lipinski definition) is 3. The summed E-state index contributed by atoms with van der Waals surface area (Å²) in [5.74, 6) is -0.608. The maximum Gasteiger partial charge on any atom is 0.319 e. The monoisotopic (exact) mass is 314 g/mol. The fourth-order valence-electron chi connectivity index (χ4n) is 1.52. The van der Waals surface area contributed by atoms with Crippen LogP contribution in [0.25, 0.3) is 0 Å². The molecule has 7 heteroatoms. The summed E-state index contributed by atoms with van der Waals surface area (Å²) in [7, 11) is 0. The number of anilines is 1. The smallest absolute Gasteiger partial charge is 0.319 e. The van der Waals surface area contributed by atoms with Gasteiger partial charge in [-0.15, -0.1) is 11.3 Å². The van der Waals surface area contributed by atoms with Crippen LogP contribution in [0.2, 0.25) is 5.02 Å². The Hall–Kier alpha value is -1.63. The van der Waals surface area contributed by atoms with E-state index in [0.29, 0.717) is 0 Å². The summed E-state index contributed by atoms with van der Waals surface area (Å²) < 4.78 is 13.2. The van der Waals surface area contributed by atoms with Crippen LogP contribution in [0.4, 0.5) is 14.9 Å². The lowest BCUT2D eigenvalue weighted by Gasteiger charge is -2.11. The van der Waals surface area contributed by atoms with Crippen molar-refractivity contribution in [3.63, 3.8) is 0 Å². The minimum absolute atomic E-state index is 0.0101. The first-order valence-corrected chi connectivity index (χ1v) is 7.03. The second kappa shape index (κ2) is 6.69. The standard InChI is InChI=1S/C13H12ClFN2O2S/c14-9-4-3-8(6-10(9)15)17-13(19)16-7-11(18)12-2-1-5-20-12/h1-6,11,18H,7H2,(H2,16,17,19)/t11-/m1/s1. The van der Waals surface area contributed by atoms with Gasteiger partial charge in [-0.05, 0) is 29.6 Å². The molecule has 1 atom stereocenters. The number of carbonyl (C=O) groups excluding carboxylic acids is 1. The molecule has 1 aromatic heterocycles. The van der Waals surface area contributed by atoms with E-state index in [1.54, 1.807) is 6.07 Å². The maximum atomic E-state index is 13.2. The molecule has 3 N–H and O–H groups in total. The summed E-state index contributed by atoms with van der Waals surface area (Å²) >= 11 is 6.95. The Kier molecular flexibility index (Phi) is 4.94. The molecule has 20 heavy (non-hydrogen) atoms. The highest BCUT2D eigenvalue weighted by molar-refractivity contribution is 7.10. The Bertz CT molecular complexity index is 592. The fourth-order valence-corrected chi connectivity index (χ4v) is 2.35. The maximum absolute atomic E-state index is 13.2. The third-order valence-corrected chi connectivity index (χ3v) is 3.79. The number of rotatable bonds is 4. The number of aliphatic hydroxyl groups excluding tert-OH is 1. The van der Waals surface area contributed by atoms with Crippen molar-refractivity contribution in [2.75, 3.05) is 11.9 Å². The number of aliphatic hydroxyl groups is 1. The molecule has 4 nitrogen and oxygen atoms in total. The molecular weight excluding hydrogens is 303 g/mol. The Morgan fingerprint density at radius 2 is 2.25 bits per heavy atom. The minimum atomic E-state index is -0.761. The first-order valence-electron chi connectivity index (χ1n) is 5.77. The average molecular weight is 315 g/mol. The molecule has 0 saturated carbocycles. The summed E-state index contributed by atoms with van der Waals surface area (Å²) in [5, 5.41) is 16.6. The Morgan fingerprint density at radius 3 is 2.90 bits per heavy atom. The van der Waals surface area contributed by atoms with Gasteiger partial charge in [0.25, 0.3) is 0 Å². The van der Waals surface area contributed by atoms with Gasteiger partial charge in [-0.2, -0.15) is 0 Å². The number of benzene rings is 1. The zero-order chi connectivity index (χ0) is 14.5. The van der Waals surface area contributed by atoms with E-state index in [9.17, 15) is 14.3 Å². The molecule has 0 radical (unpaired) electrons. The molecule has 0 bridgehead atoms. The highest BCUT2D eigenvalue weighted by Crippen LogP contribution is 2.19. The van der Waals surface area contributed by atoms with Crippen molar-refractivity contribution in [2.24, 2.45) is 0 Å². The van der Waals surface area contributed by atoms with E-state index in [-0.39, 0.29) is 17.3 Å². The molecule has 1 aromatic carbocycles. The van der Waals surface area contributed by atoms with E-state index in [2.05, 4.69) is 10.6 Å². The van der Waals surface area contributed by atoms with Gasteiger partial charge < -0.3 is 15.7 Å². The lowest BCUT2D eigenvalue weighted by Crippen LogP contribution is -2.32. The summed E-state index contributed by atoms with van der Waals surface area (Å²) in [6.07, 6.45) is -0.761. The molecule has 106 valence electrons. The number of hydrogen-bond donors (Lipinski definition) is 3. The molecule has 0 aliphatic heterocycles. The van der Waals surface area contributed by atoms with Crippen LogP contribution in [0.5, 0.6) is 0 Å². The van der Waals surface area contributed by atoms with Gasteiger partial charge in [-0.3, -0.25) is 0 Å². The zero-order valence-corrected chi connectivity index (χ0v) is 11.8. The molecule has 0 unspecified atom stereocenters. The number of thiophene rings is 1. The highest BCUT2D eigenvalue weighted by Gasteiger charge is 2.10. The first kappa shape index (κ1) is 14.8. The van der Waals surface area contributed by atoms with E-state index in [4.69, 9.17) is 11.6 Å². The summed E-state index contributed by atoms with van der Waals surface area (Å²) in [5.41, 5.74) is 0.287. The zero-order valence-electron chi connectivity index (χ0n) is 10.3. The lowest BCUT2D eigenvalue weighted by molar-refractivity contribution is 0.178. The molecule has 1 heterocycles. The van der Waals surface area contributed by atoms with Crippen molar-refractivity contribution in [2.45, 2.75) is 6.10 Å². The number of carbonyl (C=O) groups is 1. The second-order valence-corrected chi connectivity index (χ2v) is 5.38. The van der Waals surface area contributed by atoms with Gasteiger partial charge in [0.05, 0.1) is 11.6 Å². The average Bonchev–Trinajstić information content (AvgIpc) is 2.94. The third kappa shape index (κ3) is 3.93. The van der Waals surface area contributed by atoms with Crippen molar-refractivity contribution in [1.29, 1.82) is 0 Å². The number of nitrogens with one attached hydrogen (secondary N) is 2. The van der Waals surface area contributed by atoms with Gasteiger partial charge in [0, 0.05) is 10.6 Å². The van der Waals surface area contributed by atoms with Crippen LogP contribution in [0.15, 0.2) is 35.7 Å². The fraction of sp³-hybridized carbons (Fsp3) is 0.154. The molecule has 0 saturated heterocycles. The van der Waals surface area contributed by atoms with Crippen LogP contribution in [0, 0.1) is 5.82 Å². The van der Waals surface area contributed by atoms with E-state index in [1.807, 2.05) is 11.4 Å². The molecule has 0 aliphatic rings. The summed E-state index contributed by atoms with van der Waals surface area (Å²) in [4.78, 5) is 12.4. The highest BCUT2D eigenvalue weighted by atomic mass is 35.5. The second-order valence-electron chi connectivity index (χ2n) is 4.00. The van der Waals surface area contributed by atoms with Crippen molar-refractivity contribution in [1.82, 2.24) is 5.32 Å². The number of urea groups is 1. The molecule has 0 fully saturated rings. The minimum Gasteiger partial charge on any atom is -0.386 e. The quantitative estimate of drug-likeness (QED) is 0.810. The van der Waals surface area contributed by atoms with Gasteiger partial charge in [0.15, 0.2) is 0 Å². The van der Waals surface area contributed by atoms with Gasteiger partial charge in [0.1, 0.15) is 11.9 Å². The van der Waals surface area contributed by atoms with E-state index in [0.717, 1.165) is 10.9 Å². The van der Waals surface area contributed by atoms with Crippen molar-refractivity contribution in [3.05, 3.63) is 51.4 Å². The summed E-state index contributed by atoms with van der Waals surface area (Å²) in [6.45, 7) is 0.0718. The topological polar surface area (TPSA) is 61.4 Å². The normalized spacial score (nSPS) is 11.9. The third-order valence-electron chi connectivity index (χ3n) is 2.51. The van der Waals surface area contributed by atoms with Gasteiger partial charge in [0.2, 0.25) is 0 Å². The van der Waals surface area contributed by atoms with Crippen LogP contribution in [0.3, 0.4) is 0 Å². The van der Waals surface area contributed by atoms with Crippen LogP contribution in [0.1, 0.15) is 11.0 Å². The molecule has 0 aliphatic carbocycles. The van der Waals surface area contributed by atoms with Crippen LogP contribution in [-0.4, -0.2) is 17.7 Å². The van der Waals surface area contributed by atoms with Crippen molar-refractivity contribution < 1.29 is 14.3 Å². The molecule has 2 rings (SSSR count). The largest absolute Gasteiger partial charge is 0.386 e. The first-order chi connectivity index (χ1) is 9.56. The lowest BCUT2D eigenvalue weighted by atomic mass is 10.3. The molecular formula is C13H12ClFN2O2S. The molecule has 2 amide bonds. The van der Waals surface area contributed by atoms with Gasteiger partial charge in [-0.25, -0.2) is 9.18 Å². The SMILES string of the molecule is O=C(NC[C@@H](O)c1cccs1)Nc1ccc(Cl)c(F)c1. The van der Waals surface area contributed by atoms with Gasteiger partial charge >= 0.3 is 6.03 Å². The number of amides is 2.